The Morgan fingerprint density at radius 1 is 0.378 bits per heavy atom. The van der Waals surface area contributed by atoms with Crippen LogP contribution < -0.4 is 0 Å². The van der Waals surface area contributed by atoms with Crippen LogP contribution in [0, 0.1) is 0 Å². The Hall–Kier alpha value is -5.99. The lowest BCUT2D eigenvalue weighted by Gasteiger charge is -2.18. The van der Waals surface area contributed by atoms with Crippen LogP contribution in [0.3, 0.4) is 0 Å². The van der Waals surface area contributed by atoms with Crippen molar-refractivity contribution >= 4 is 38.0 Å². The fourth-order valence-corrected chi connectivity index (χ4v) is 6.83. The zero-order valence-electron chi connectivity index (χ0n) is 24.6. The summed E-state index contributed by atoms with van der Waals surface area (Å²) in [5.74, 6) is 0. The van der Waals surface area contributed by atoms with Crippen molar-refractivity contribution in [3.05, 3.63) is 170 Å². The molecule has 0 amide bonds. The zero-order valence-corrected chi connectivity index (χ0v) is 24.6. The maximum Gasteiger partial charge on any atom is 0.137 e. The summed E-state index contributed by atoms with van der Waals surface area (Å²) in [5, 5.41) is 7.60. The normalized spacial score (nSPS) is 11.6. The molecule has 0 aliphatic carbocycles. The molecule has 210 valence electrons. The minimum Gasteiger partial charge on any atom is -0.306 e. The first-order valence-electron chi connectivity index (χ1n) is 15.4. The van der Waals surface area contributed by atoms with E-state index >= 15 is 0 Å². The van der Waals surface area contributed by atoms with Gasteiger partial charge in [0, 0.05) is 18.0 Å². The first-order chi connectivity index (χ1) is 22.3. The quantitative estimate of drug-likeness (QED) is 0.192. The average Bonchev–Trinajstić information content (AvgIpc) is 3.55. The van der Waals surface area contributed by atoms with Crippen molar-refractivity contribution in [2.45, 2.75) is 0 Å². The molecule has 2 aromatic heterocycles. The molecule has 0 N–H and O–H groups in total. The number of benzene rings is 7. The molecule has 2 heteroatoms. The van der Waals surface area contributed by atoms with E-state index in [1.165, 1.54) is 65.7 Å². The second kappa shape index (κ2) is 10.3. The average molecular weight is 573 g/mol. The van der Waals surface area contributed by atoms with Crippen molar-refractivity contribution in [2.75, 3.05) is 0 Å². The molecule has 0 aliphatic heterocycles. The Morgan fingerprint density at radius 2 is 0.867 bits per heavy atom. The minimum absolute atomic E-state index is 0.956. The fourth-order valence-electron chi connectivity index (χ4n) is 6.83. The summed E-state index contributed by atoms with van der Waals surface area (Å²) in [4.78, 5) is 4.78. The molecule has 0 spiro atoms. The van der Waals surface area contributed by atoms with Crippen LogP contribution in [0.2, 0.25) is 0 Å². The summed E-state index contributed by atoms with van der Waals surface area (Å²) in [6.45, 7) is 0. The van der Waals surface area contributed by atoms with Crippen LogP contribution >= 0.6 is 0 Å². The summed E-state index contributed by atoms with van der Waals surface area (Å²) in [6.07, 6.45) is 4.12. The molecule has 2 nitrogen and oxygen atoms in total. The van der Waals surface area contributed by atoms with Gasteiger partial charge in [0.1, 0.15) is 5.65 Å². The van der Waals surface area contributed by atoms with Crippen LogP contribution in [-0.2, 0) is 0 Å². The first-order valence-corrected chi connectivity index (χ1v) is 15.4. The van der Waals surface area contributed by atoms with Crippen molar-refractivity contribution in [2.24, 2.45) is 0 Å². The van der Waals surface area contributed by atoms with E-state index < -0.39 is 0 Å². The highest BCUT2D eigenvalue weighted by Gasteiger charge is 2.17. The van der Waals surface area contributed by atoms with Gasteiger partial charge in [-0.05, 0) is 83.9 Å². The van der Waals surface area contributed by atoms with E-state index in [1.54, 1.807) is 0 Å². The van der Waals surface area contributed by atoms with Crippen molar-refractivity contribution in [3.63, 3.8) is 0 Å². The molecule has 0 saturated carbocycles. The molecule has 0 atom stereocenters. The summed E-state index contributed by atoms with van der Waals surface area (Å²) in [6, 6.07) is 57.0. The molecule has 0 fully saturated rings. The molecule has 0 aliphatic rings. The van der Waals surface area contributed by atoms with Gasteiger partial charge in [-0.3, -0.25) is 0 Å². The largest absolute Gasteiger partial charge is 0.306 e. The molecule has 0 radical (unpaired) electrons. The molecular weight excluding hydrogens is 544 g/mol. The van der Waals surface area contributed by atoms with Crippen LogP contribution in [-0.4, -0.2) is 9.38 Å². The SMILES string of the molecule is c1ccc2cc(-c3c4ccccc4c(-c4ccc(-c5ccc(-c6cn7ccccc7n6)cc5)cc4)c4ccccc34)ccc2c1. The van der Waals surface area contributed by atoms with E-state index in [9.17, 15) is 0 Å². The summed E-state index contributed by atoms with van der Waals surface area (Å²) in [7, 11) is 0. The number of hydrogen-bond donors (Lipinski definition) is 0. The van der Waals surface area contributed by atoms with Crippen molar-refractivity contribution in [3.8, 4) is 44.6 Å². The zero-order chi connectivity index (χ0) is 29.7. The third kappa shape index (κ3) is 4.30. The Balaban J connectivity index is 1.14. The van der Waals surface area contributed by atoms with Gasteiger partial charge in [0.15, 0.2) is 0 Å². The highest BCUT2D eigenvalue weighted by molar-refractivity contribution is 6.21. The standard InChI is InChI=1S/C43H28N2/c1-2-10-34-27-35(25-20-29(34)9-1)43-38-13-5-3-11-36(38)42(37-12-4-6-14-39(37)43)33-23-18-31(19-24-33)30-16-21-32(22-17-30)40-28-45-26-8-7-15-41(45)44-40/h1-28H. The predicted molar refractivity (Wildman–Crippen MR) is 189 cm³/mol. The van der Waals surface area contributed by atoms with Crippen LogP contribution in [0.5, 0.6) is 0 Å². The third-order valence-electron chi connectivity index (χ3n) is 9.02. The second-order valence-electron chi connectivity index (χ2n) is 11.7. The van der Waals surface area contributed by atoms with Crippen molar-refractivity contribution in [1.82, 2.24) is 9.38 Å². The lowest BCUT2D eigenvalue weighted by molar-refractivity contribution is 1.19. The number of hydrogen-bond acceptors (Lipinski definition) is 1. The van der Waals surface area contributed by atoms with Crippen LogP contribution in [0.1, 0.15) is 0 Å². The number of imidazole rings is 1. The molecular formula is C43H28N2. The Morgan fingerprint density at radius 3 is 1.49 bits per heavy atom. The van der Waals surface area contributed by atoms with Crippen LogP contribution in [0.15, 0.2) is 170 Å². The second-order valence-corrected chi connectivity index (χ2v) is 11.7. The van der Waals surface area contributed by atoms with Gasteiger partial charge in [-0.15, -0.1) is 0 Å². The minimum atomic E-state index is 0.956. The van der Waals surface area contributed by atoms with Gasteiger partial charge in [-0.1, -0.05) is 140 Å². The highest BCUT2D eigenvalue weighted by Crippen LogP contribution is 2.44. The van der Waals surface area contributed by atoms with Gasteiger partial charge in [0.25, 0.3) is 0 Å². The maximum atomic E-state index is 4.78. The molecule has 9 rings (SSSR count). The molecule has 45 heavy (non-hydrogen) atoms. The van der Waals surface area contributed by atoms with Crippen molar-refractivity contribution in [1.29, 1.82) is 0 Å². The van der Waals surface area contributed by atoms with Crippen LogP contribution in [0.4, 0.5) is 0 Å². The summed E-state index contributed by atoms with van der Waals surface area (Å²) < 4.78 is 2.06. The van der Waals surface area contributed by atoms with E-state index in [1.807, 2.05) is 24.4 Å². The van der Waals surface area contributed by atoms with Gasteiger partial charge in [-0.2, -0.15) is 0 Å². The lowest BCUT2D eigenvalue weighted by Crippen LogP contribution is -1.91. The Kier molecular flexibility index (Phi) is 5.85. The summed E-state index contributed by atoms with van der Waals surface area (Å²) >= 11 is 0. The molecule has 2 heterocycles. The third-order valence-corrected chi connectivity index (χ3v) is 9.02. The molecule has 0 unspecified atom stereocenters. The maximum absolute atomic E-state index is 4.78. The van der Waals surface area contributed by atoms with E-state index in [4.69, 9.17) is 4.98 Å². The Bertz CT molecular complexity index is 2430. The Labute approximate surface area is 261 Å². The van der Waals surface area contributed by atoms with E-state index in [2.05, 4.69) is 150 Å². The number of rotatable bonds is 4. The summed E-state index contributed by atoms with van der Waals surface area (Å²) in [5.41, 5.74) is 10.5. The van der Waals surface area contributed by atoms with Gasteiger partial charge >= 0.3 is 0 Å². The fraction of sp³-hybridized carbons (Fsp3) is 0. The number of aromatic nitrogens is 2. The van der Waals surface area contributed by atoms with E-state index in [0.29, 0.717) is 0 Å². The molecule has 0 saturated heterocycles. The van der Waals surface area contributed by atoms with Gasteiger partial charge in [-0.25, -0.2) is 4.98 Å². The van der Waals surface area contributed by atoms with Gasteiger partial charge in [0.2, 0.25) is 0 Å². The van der Waals surface area contributed by atoms with E-state index in [-0.39, 0.29) is 0 Å². The van der Waals surface area contributed by atoms with Gasteiger partial charge < -0.3 is 4.40 Å². The smallest absolute Gasteiger partial charge is 0.137 e. The topological polar surface area (TPSA) is 17.3 Å². The van der Waals surface area contributed by atoms with Gasteiger partial charge in [0.05, 0.1) is 5.69 Å². The predicted octanol–water partition coefficient (Wildman–Crippen LogP) is 11.5. The monoisotopic (exact) mass is 572 g/mol. The number of nitrogens with zero attached hydrogens (tertiary/aromatic N) is 2. The van der Waals surface area contributed by atoms with Crippen LogP contribution in [0.25, 0.3) is 82.6 Å². The highest BCUT2D eigenvalue weighted by atomic mass is 15.0. The molecule has 0 bridgehead atoms. The molecule has 7 aromatic carbocycles. The van der Waals surface area contributed by atoms with Crippen molar-refractivity contribution < 1.29 is 0 Å². The number of fused-ring (bicyclic) bond motifs is 4. The lowest BCUT2D eigenvalue weighted by atomic mass is 9.85. The molecule has 9 aromatic rings. The first kappa shape index (κ1) is 25.5. The number of pyridine rings is 1. The van der Waals surface area contributed by atoms with E-state index in [0.717, 1.165) is 16.9 Å².